The van der Waals surface area contributed by atoms with E-state index in [9.17, 15) is 4.79 Å². The van der Waals surface area contributed by atoms with Gasteiger partial charge in [-0.3, -0.25) is 0 Å². The normalized spacial score (nSPS) is 15.2. The molecule has 0 amide bonds. The molecule has 0 radical (unpaired) electrons. The highest BCUT2D eigenvalue weighted by atomic mass is 16.5. The average molecular weight is 191 g/mol. The van der Waals surface area contributed by atoms with E-state index in [1.54, 1.807) is 13.3 Å². The fourth-order valence-corrected chi connectivity index (χ4v) is 1.63. The first-order valence-electron chi connectivity index (χ1n) is 4.81. The minimum atomic E-state index is 0.461. The molecule has 0 saturated heterocycles. The number of hydrogen-bond donors (Lipinski definition) is 0. The standard InChI is InChI=1S/C11H13NO2/c1-14-11-6-10(8-2-3-8)9(4-5-13)7-12-11/h5-8H,2-4H2,1H3. The number of rotatable bonds is 4. The van der Waals surface area contributed by atoms with Crippen molar-refractivity contribution in [3.8, 4) is 5.88 Å². The van der Waals surface area contributed by atoms with Gasteiger partial charge >= 0.3 is 0 Å². The van der Waals surface area contributed by atoms with Gasteiger partial charge in [-0.2, -0.15) is 0 Å². The zero-order valence-electron chi connectivity index (χ0n) is 8.19. The summed E-state index contributed by atoms with van der Waals surface area (Å²) in [6.45, 7) is 0. The van der Waals surface area contributed by atoms with Crippen LogP contribution >= 0.6 is 0 Å². The summed E-state index contributed by atoms with van der Waals surface area (Å²) in [6.07, 6.45) is 5.58. The van der Waals surface area contributed by atoms with Crippen LogP contribution in [0.2, 0.25) is 0 Å². The quantitative estimate of drug-likeness (QED) is 0.680. The summed E-state index contributed by atoms with van der Waals surface area (Å²) in [6, 6.07) is 1.95. The summed E-state index contributed by atoms with van der Waals surface area (Å²) < 4.78 is 5.07. The summed E-state index contributed by atoms with van der Waals surface area (Å²) in [7, 11) is 1.61. The number of nitrogens with zero attached hydrogens (tertiary/aromatic N) is 1. The minimum Gasteiger partial charge on any atom is -0.481 e. The van der Waals surface area contributed by atoms with Crippen LogP contribution in [-0.2, 0) is 11.2 Å². The van der Waals surface area contributed by atoms with Gasteiger partial charge in [0.25, 0.3) is 0 Å². The number of pyridine rings is 1. The van der Waals surface area contributed by atoms with Crippen molar-refractivity contribution in [2.45, 2.75) is 25.2 Å². The molecule has 0 bridgehead atoms. The van der Waals surface area contributed by atoms with Gasteiger partial charge in [-0.05, 0) is 29.9 Å². The zero-order valence-corrected chi connectivity index (χ0v) is 8.19. The Hall–Kier alpha value is -1.38. The van der Waals surface area contributed by atoms with E-state index in [-0.39, 0.29) is 0 Å². The summed E-state index contributed by atoms with van der Waals surface area (Å²) in [5, 5.41) is 0. The molecule has 3 nitrogen and oxygen atoms in total. The maximum absolute atomic E-state index is 10.5. The van der Waals surface area contributed by atoms with Crippen molar-refractivity contribution in [1.82, 2.24) is 4.98 Å². The molecule has 0 atom stereocenters. The van der Waals surface area contributed by atoms with E-state index in [1.165, 1.54) is 18.4 Å². The molecular weight excluding hydrogens is 178 g/mol. The number of hydrogen-bond acceptors (Lipinski definition) is 3. The van der Waals surface area contributed by atoms with Crippen LogP contribution in [0.3, 0.4) is 0 Å². The van der Waals surface area contributed by atoms with E-state index in [0.717, 1.165) is 11.8 Å². The fraction of sp³-hybridized carbons (Fsp3) is 0.455. The summed E-state index contributed by atoms with van der Waals surface area (Å²) >= 11 is 0. The van der Waals surface area contributed by atoms with Gasteiger partial charge in [0.1, 0.15) is 6.29 Å². The molecule has 0 spiro atoms. The van der Waals surface area contributed by atoms with Crippen molar-refractivity contribution in [2.24, 2.45) is 0 Å². The maximum atomic E-state index is 10.5. The van der Waals surface area contributed by atoms with Crippen molar-refractivity contribution >= 4 is 6.29 Å². The molecular formula is C11H13NO2. The smallest absolute Gasteiger partial charge is 0.213 e. The maximum Gasteiger partial charge on any atom is 0.213 e. The Morgan fingerprint density at radius 2 is 2.43 bits per heavy atom. The Bertz CT molecular complexity index is 345. The lowest BCUT2D eigenvalue weighted by atomic mass is 10.0. The summed E-state index contributed by atoms with van der Waals surface area (Å²) in [5.74, 6) is 1.27. The monoisotopic (exact) mass is 191 g/mol. The van der Waals surface area contributed by atoms with Crippen molar-refractivity contribution in [1.29, 1.82) is 0 Å². The van der Waals surface area contributed by atoms with Crippen molar-refractivity contribution in [3.05, 3.63) is 23.4 Å². The number of carbonyl (C=O) groups is 1. The summed E-state index contributed by atoms with van der Waals surface area (Å²) in [5.41, 5.74) is 2.28. The first kappa shape index (κ1) is 9.19. The second-order valence-corrected chi connectivity index (χ2v) is 3.57. The molecule has 0 aliphatic heterocycles. The Labute approximate surface area is 83.1 Å². The van der Waals surface area contributed by atoms with Gasteiger partial charge in [0, 0.05) is 18.7 Å². The molecule has 1 heterocycles. The summed E-state index contributed by atoms with van der Waals surface area (Å²) in [4.78, 5) is 14.6. The van der Waals surface area contributed by atoms with Gasteiger partial charge in [0.05, 0.1) is 7.11 Å². The SMILES string of the molecule is COc1cc(C2CC2)c(CC=O)cn1. The average Bonchev–Trinajstić information content (AvgIpc) is 3.02. The van der Waals surface area contributed by atoms with E-state index < -0.39 is 0 Å². The van der Waals surface area contributed by atoms with E-state index in [4.69, 9.17) is 4.74 Å². The molecule has 0 N–H and O–H groups in total. The predicted molar refractivity (Wildman–Crippen MR) is 52.5 cm³/mol. The molecule has 74 valence electrons. The minimum absolute atomic E-state index is 0.461. The molecule has 1 aromatic heterocycles. The fourth-order valence-electron chi connectivity index (χ4n) is 1.63. The Kier molecular flexibility index (Phi) is 2.48. The third-order valence-electron chi connectivity index (χ3n) is 2.53. The lowest BCUT2D eigenvalue weighted by Crippen LogP contribution is -1.97. The second kappa shape index (κ2) is 3.78. The van der Waals surface area contributed by atoms with Crippen LogP contribution in [0, 0.1) is 0 Å². The van der Waals surface area contributed by atoms with Crippen LogP contribution in [0.1, 0.15) is 29.9 Å². The highest BCUT2D eigenvalue weighted by molar-refractivity contribution is 5.56. The van der Waals surface area contributed by atoms with Crippen molar-refractivity contribution < 1.29 is 9.53 Å². The van der Waals surface area contributed by atoms with Gasteiger partial charge < -0.3 is 9.53 Å². The third kappa shape index (κ3) is 1.76. The van der Waals surface area contributed by atoms with E-state index >= 15 is 0 Å². The first-order chi connectivity index (χ1) is 6.85. The molecule has 0 aromatic carbocycles. The van der Waals surface area contributed by atoms with Crippen molar-refractivity contribution in [2.75, 3.05) is 7.11 Å². The molecule has 3 heteroatoms. The highest BCUT2D eigenvalue weighted by Gasteiger charge is 2.26. The zero-order chi connectivity index (χ0) is 9.97. The van der Waals surface area contributed by atoms with E-state index in [2.05, 4.69) is 4.98 Å². The van der Waals surface area contributed by atoms with Crippen LogP contribution in [0.5, 0.6) is 5.88 Å². The molecule has 2 rings (SSSR count). The lowest BCUT2D eigenvalue weighted by Gasteiger charge is -2.07. The van der Waals surface area contributed by atoms with Crippen LogP contribution < -0.4 is 4.74 Å². The lowest BCUT2D eigenvalue weighted by molar-refractivity contribution is -0.107. The first-order valence-corrected chi connectivity index (χ1v) is 4.81. The second-order valence-electron chi connectivity index (χ2n) is 3.57. The Morgan fingerprint density at radius 1 is 1.64 bits per heavy atom. The molecule has 1 aromatic rings. The van der Waals surface area contributed by atoms with Gasteiger partial charge in [0.2, 0.25) is 5.88 Å². The van der Waals surface area contributed by atoms with Crippen LogP contribution in [0.25, 0.3) is 0 Å². The van der Waals surface area contributed by atoms with E-state index in [1.807, 2.05) is 6.07 Å². The molecule has 0 unspecified atom stereocenters. The molecule has 14 heavy (non-hydrogen) atoms. The number of carbonyl (C=O) groups excluding carboxylic acids is 1. The molecule has 1 aliphatic rings. The Balaban J connectivity index is 2.33. The van der Waals surface area contributed by atoms with E-state index in [0.29, 0.717) is 18.2 Å². The molecule has 1 fully saturated rings. The van der Waals surface area contributed by atoms with Crippen LogP contribution in [0.4, 0.5) is 0 Å². The van der Waals surface area contributed by atoms with Gasteiger partial charge in [-0.25, -0.2) is 4.98 Å². The topological polar surface area (TPSA) is 39.2 Å². The number of aromatic nitrogens is 1. The van der Waals surface area contributed by atoms with Gasteiger partial charge in [0.15, 0.2) is 0 Å². The molecule has 1 saturated carbocycles. The van der Waals surface area contributed by atoms with Crippen LogP contribution in [-0.4, -0.2) is 18.4 Å². The van der Waals surface area contributed by atoms with Crippen molar-refractivity contribution in [3.63, 3.8) is 0 Å². The number of methoxy groups -OCH3 is 1. The molecule has 1 aliphatic carbocycles. The van der Waals surface area contributed by atoms with Crippen LogP contribution in [0.15, 0.2) is 12.3 Å². The Morgan fingerprint density at radius 3 is 3.00 bits per heavy atom. The number of ether oxygens (including phenoxy) is 1. The van der Waals surface area contributed by atoms with Gasteiger partial charge in [-0.15, -0.1) is 0 Å². The highest BCUT2D eigenvalue weighted by Crippen LogP contribution is 2.42. The predicted octanol–water partition coefficient (Wildman–Crippen LogP) is 1.71. The largest absolute Gasteiger partial charge is 0.481 e. The number of aldehydes is 1. The third-order valence-corrected chi connectivity index (χ3v) is 2.53. The van der Waals surface area contributed by atoms with Gasteiger partial charge in [-0.1, -0.05) is 0 Å².